The highest BCUT2D eigenvalue weighted by Crippen LogP contribution is 2.22. The van der Waals surface area contributed by atoms with Crippen LogP contribution in [0.25, 0.3) is 10.8 Å². The number of amides is 1. The van der Waals surface area contributed by atoms with E-state index in [1.165, 1.54) is 11.1 Å². The van der Waals surface area contributed by atoms with Crippen LogP contribution in [0.2, 0.25) is 0 Å². The van der Waals surface area contributed by atoms with Crippen molar-refractivity contribution >= 4 is 33.6 Å². The molecule has 0 bridgehead atoms. The molecule has 4 nitrogen and oxygen atoms in total. The molecule has 0 radical (unpaired) electrons. The van der Waals surface area contributed by atoms with Gasteiger partial charge in [-0.05, 0) is 35.4 Å². The Morgan fingerprint density at radius 1 is 1.07 bits per heavy atom. The molecule has 142 valence electrons. The summed E-state index contributed by atoms with van der Waals surface area (Å²) in [6.45, 7) is 3.37. The molecule has 0 unspecified atom stereocenters. The Morgan fingerprint density at radius 2 is 1.86 bits per heavy atom. The number of rotatable bonds is 5. The zero-order valence-corrected chi connectivity index (χ0v) is 16.6. The van der Waals surface area contributed by atoms with Gasteiger partial charge in [0, 0.05) is 12.3 Å². The fourth-order valence-corrected chi connectivity index (χ4v) is 4.11. The van der Waals surface area contributed by atoms with E-state index >= 15 is 0 Å². The van der Waals surface area contributed by atoms with Crippen LogP contribution in [-0.2, 0) is 10.5 Å². The van der Waals surface area contributed by atoms with Crippen molar-refractivity contribution < 1.29 is 9.53 Å². The number of hydrogen-bond donors (Lipinski definition) is 0. The first kappa shape index (κ1) is 18.6. The molecule has 1 heterocycles. The van der Waals surface area contributed by atoms with Crippen LogP contribution in [0, 0.1) is 6.92 Å². The van der Waals surface area contributed by atoms with Crippen LogP contribution in [0.3, 0.4) is 0 Å². The van der Waals surface area contributed by atoms with E-state index in [1.807, 2.05) is 36.4 Å². The molecule has 1 aliphatic rings. The highest BCUT2D eigenvalue weighted by molar-refractivity contribution is 8.13. The van der Waals surface area contributed by atoms with Crippen molar-refractivity contribution in [3.8, 4) is 5.75 Å². The number of ether oxygens (including phenoxy) is 1. The van der Waals surface area contributed by atoms with Gasteiger partial charge in [0.2, 0.25) is 0 Å². The van der Waals surface area contributed by atoms with Crippen LogP contribution in [0.1, 0.15) is 11.1 Å². The van der Waals surface area contributed by atoms with Crippen molar-refractivity contribution in [3.05, 3.63) is 77.9 Å². The average Bonchev–Trinajstić information content (AvgIpc) is 3.20. The van der Waals surface area contributed by atoms with E-state index in [-0.39, 0.29) is 12.5 Å². The number of amidine groups is 1. The molecule has 5 heteroatoms. The number of carbonyl (C=O) groups excluding carboxylic acids is 1. The van der Waals surface area contributed by atoms with E-state index in [2.05, 4.69) is 42.2 Å². The summed E-state index contributed by atoms with van der Waals surface area (Å²) in [4.78, 5) is 18.9. The molecular weight excluding hydrogens is 368 g/mol. The van der Waals surface area contributed by atoms with E-state index in [0.717, 1.165) is 21.7 Å². The summed E-state index contributed by atoms with van der Waals surface area (Å²) < 4.78 is 5.76. The molecule has 0 aromatic heterocycles. The number of aliphatic imine (C=N–C) groups is 1. The van der Waals surface area contributed by atoms with Crippen molar-refractivity contribution in [2.24, 2.45) is 4.99 Å². The lowest BCUT2D eigenvalue weighted by atomic mass is 10.1. The predicted molar refractivity (Wildman–Crippen MR) is 116 cm³/mol. The quantitative estimate of drug-likeness (QED) is 0.636. The molecular formula is C23H22N2O2S. The van der Waals surface area contributed by atoms with Gasteiger partial charge in [0.25, 0.3) is 5.91 Å². The summed E-state index contributed by atoms with van der Waals surface area (Å²) in [5.41, 5.74) is 2.47. The second-order valence-electron chi connectivity index (χ2n) is 6.78. The maximum Gasteiger partial charge on any atom is 0.266 e. The fraction of sp³-hybridized carbons (Fsp3) is 0.217. The molecule has 28 heavy (non-hydrogen) atoms. The Morgan fingerprint density at radius 3 is 2.68 bits per heavy atom. The monoisotopic (exact) mass is 390 g/mol. The predicted octanol–water partition coefficient (Wildman–Crippen LogP) is 4.66. The van der Waals surface area contributed by atoms with Gasteiger partial charge in [-0.3, -0.25) is 14.7 Å². The molecule has 0 fully saturated rings. The zero-order valence-electron chi connectivity index (χ0n) is 15.8. The topological polar surface area (TPSA) is 41.9 Å². The maximum absolute atomic E-state index is 12.7. The van der Waals surface area contributed by atoms with Crippen LogP contribution in [-0.4, -0.2) is 35.7 Å². The first-order chi connectivity index (χ1) is 13.7. The second kappa shape index (κ2) is 8.48. The van der Waals surface area contributed by atoms with E-state index in [4.69, 9.17) is 4.74 Å². The SMILES string of the molecule is Cc1ccc(CSC2=NCCN2C(=O)COc2ccc3ccccc3c2)cc1. The van der Waals surface area contributed by atoms with Gasteiger partial charge in [0.1, 0.15) is 5.75 Å². The molecule has 3 aromatic rings. The van der Waals surface area contributed by atoms with Crippen LogP contribution < -0.4 is 4.74 Å². The third-order valence-corrected chi connectivity index (χ3v) is 5.76. The summed E-state index contributed by atoms with van der Waals surface area (Å²) in [5.74, 6) is 1.45. The number of benzene rings is 3. The van der Waals surface area contributed by atoms with Gasteiger partial charge in [-0.1, -0.05) is 71.9 Å². The molecule has 0 atom stereocenters. The minimum absolute atomic E-state index is 0.0163. The fourth-order valence-electron chi connectivity index (χ4n) is 3.09. The molecule has 3 aromatic carbocycles. The normalized spacial score (nSPS) is 13.6. The van der Waals surface area contributed by atoms with Crippen molar-refractivity contribution in [2.45, 2.75) is 12.7 Å². The summed E-state index contributed by atoms with van der Waals surface area (Å²) in [6.07, 6.45) is 0. The largest absolute Gasteiger partial charge is 0.484 e. The minimum atomic E-state index is -0.0548. The Balaban J connectivity index is 1.34. The van der Waals surface area contributed by atoms with Crippen LogP contribution in [0.5, 0.6) is 5.75 Å². The Bertz CT molecular complexity index is 1010. The Kier molecular flexibility index (Phi) is 5.63. The van der Waals surface area contributed by atoms with Gasteiger partial charge in [0.15, 0.2) is 11.8 Å². The number of thioether (sulfide) groups is 1. The van der Waals surface area contributed by atoms with E-state index < -0.39 is 0 Å². The molecule has 0 spiro atoms. The minimum Gasteiger partial charge on any atom is -0.484 e. The van der Waals surface area contributed by atoms with Crippen molar-refractivity contribution in [2.75, 3.05) is 19.7 Å². The van der Waals surface area contributed by atoms with E-state index in [0.29, 0.717) is 18.8 Å². The lowest BCUT2D eigenvalue weighted by molar-refractivity contribution is -0.128. The van der Waals surface area contributed by atoms with Gasteiger partial charge in [-0.25, -0.2) is 0 Å². The molecule has 0 aliphatic carbocycles. The number of carbonyl (C=O) groups is 1. The van der Waals surface area contributed by atoms with Crippen molar-refractivity contribution in [3.63, 3.8) is 0 Å². The Labute approximate surface area is 169 Å². The highest BCUT2D eigenvalue weighted by Gasteiger charge is 2.24. The number of aryl methyl sites for hydroxylation is 1. The van der Waals surface area contributed by atoms with Crippen LogP contribution >= 0.6 is 11.8 Å². The van der Waals surface area contributed by atoms with Gasteiger partial charge >= 0.3 is 0 Å². The first-order valence-electron chi connectivity index (χ1n) is 9.34. The first-order valence-corrected chi connectivity index (χ1v) is 10.3. The van der Waals surface area contributed by atoms with Gasteiger partial charge < -0.3 is 4.74 Å². The average molecular weight is 391 g/mol. The smallest absolute Gasteiger partial charge is 0.266 e. The molecule has 0 saturated carbocycles. The Hall–Kier alpha value is -2.79. The van der Waals surface area contributed by atoms with Gasteiger partial charge in [0.05, 0.1) is 6.54 Å². The molecule has 1 amide bonds. The summed E-state index contributed by atoms with van der Waals surface area (Å²) in [5, 5.41) is 3.04. The second-order valence-corrected chi connectivity index (χ2v) is 7.72. The highest BCUT2D eigenvalue weighted by atomic mass is 32.2. The van der Waals surface area contributed by atoms with Crippen LogP contribution in [0.15, 0.2) is 71.7 Å². The number of nitrogens with zero attached hydrogens (tertiary/aromatic N) is 2. The molecule has 0 N–H and O–H groups in total. The van der Waals surface area contributed by atoms with Crippen molar-refractivity contribution in [1.29, 1.82) is 0 Å². The molecule has 4 rings (SSSR count). The lowest BCUT2D eigenvalue weighted by Gasteiger charge is -2.18. The zero-order chi connectivity index (χ0) is 19.3. The third kappa shape index (κ3) is 4.37. The summed E-state index contributed by atoms with van der Waals surface area (Å²) >= 11 is 1.60. The molecule has 0 saturated heterocycles. The van der Waals surface area contributed by atoms with Crippen LogP contribution in [0.4, 0.5) is 0 Å². The van der Waals surface area contributed by atoms with E-state index in [9.17, 15) is 4.79 Å². The van der Waals surface area contributed by atoms with Gasteiger partial charge in [-0.15, -0.1) is 0 Å². The summed E-state index contributed by atoms with van der Waals surface area (Å²) in [6, 6.07) is 22.4. The third-order valence-electron chi connectivity index (χ3n) is 4.67. The van der Waals surface area contributed by atoms with Gasteiger partial charge in [-0.2, -0.15) is 0 Å². The molecule has 1 aliphatic heterocycles. The lowest BCUT2D eigenvalue weighted by Crippen LogP contribution is -2.36. The van der Waals surface area contributed by atoms with E-state index in [1.54, 1.807) is 16.7 Å². The van der Waals surface area contributed by atoms with Crippen molar-refractivity contribution in [1.82, 2.24) is 4.90 Å². The maximum atomic E-state index is 12.7. The summed E-state index contributed by atoms with van der Waals surface area (Å²) in [7, 11) is 0. The number of hydrogen-bond acceptors (Lipinski definition) is 4. The standard InChI is InChI=1S/C23H22N2O2S/c1-17-6-8-18(9-7-17)16-28-23-24-12-13-25(23)22(26)15-27-21-11-10-19-4-2-3-5-20(19)14-21/h2-11,14H,12-13,15-16H2,1H3. The number of fused-ring (bicyclic) bond motifs is 1.